The van der Waals surface area contributed by atoms with E-state index in [0.29, 0.717) is 23.1 Å². The molecule has 3 aromatic rings. The number of halogens is 1. The molecule has 0 N–H and O–H groups in total. The van der Waals surface area contributed by atoms with Crippen molar-refractivity contribution in [2.45, 2.75) is 13.5 Å². The molecule has 154 valence electrons. The van der Waals surface area contributed by atoms with Crippen molar-refractivity contribution in [2.75, 3.05) is 20.3 Å². The summed E-state index contributed by atoms with van der Waals surface area (Å²) in [6.07, 6.45) is 1.84. The number of rotatable bonds is 6. The Labute approximate surface area is 184 Å². The SMILES string of the molecule is COCCN1C(=O)S/C(=C/c2c(C)n(Cc3ccc(Cl)cc3)c3ccccc23)C1=O. The number of hydrogen-bond acceptors (Lipinski definition) is 4. The first-order chi connectivity index (χ1) is 14.5. The summed E-state index contributed by atoms with van der Waals surface area (Å²) in [7, 11) is 1.55. The molecule has 30 heavy (non-hydrogen) atoms. The molecule has 1 aromatic heterocycles. The van der Waals surface area contributed by atoms with Crippen molar-refractivity contribution in [1.82, 2.24) is 9.47 Å². The van der Waals surface area contributed by atoms with Crippen LogP contribution >= 0.6 is 23.4 Å². The van der Waals surface area contributed by atoms with Gasteiger partial charge in [-0.3, -0.25) is 14.5 Å². The number of aromatic nitrogens is 1. The zero-order chi connectivity index (χ0) is 21.3. The number of benzene rings is 2. The van der Waals surface area contributed by atoms with Crippen LogP contribution in [0.4, 0.5) is 4.79 Å². The van der Waals surface area contributed by atoms with Crippen LogP contribution in [-0.2, 0) is 16.1 Å². The molecule has 2 amide bonds. The lowest BCUT2D eigenvalue weighted by Crippen LogP contribution is -2.31. The molecule has 1 aliphatic rings. The van der Waals surface area contributed by atoms with E-state index in [1.165, 1.54) is 4.90 Å². The third kappa shape index (κ3) is 3.90. The van der Waals surface area contributed by atoms with E-state index >= 15 is 0 Å². The van der Waals surface area contributed by atoms with Gasteiger partial charge in [-0.2, -0.15) is 0 Å². The van der Waals surface area contributed by atoms with Gasteiger partial charge < -0.3 is 9.30 Å². The van der Waals surface area contributed by atoms with Gasteiger partial charge in [0, 0.05) is 40.8 Å². The minimum absolute atomic E-state index is 0.258. The van der Waals surface area contributed by atoms with E-state index in [2.05, 4.69) is 10.6 Å². The second-order valence-corrected chi connectivity index (χ2v) is 8.48. The molecule has 0 bridgehead atoms. The van der Waals surface area contributed by atoms with Crippen molar-refractivity contribution in [2.24, 2.45) is 0 Å². The van der Waals surface area contributed by atoms with Gasteiger partial charge in [0.2, 0.25) is 0 Å². The fourth-order valence-electron chi connectivity index (χ4n) is 3.62. The quantitative estimate of drug-likeness (QED) is 0.486. The van der Waals surface area contributed by atoms with Crippen molar-refractivity contribution in [3.05, 3.63) is 75.3 Å². The molecule has 4 rings (SSSR count). The topological polar surface area (TPSA) is 51.5 Å². The van der Waals surface area contributed by atoms with Crippen LogP contribution in [0.3, 0.4) is 0 Å². The number of methoxy groups -OCH3 is 1. The number of carbonyl (C=O) groups excluding carboxylic acids is 2. The largest absolute Gasteiger partial charge is 0.383 e. The predicted molar refractivity (Wildman–Crippen MR) is 122 cm³/mol. The van der Waals surface area contributed by atoms with Crippen molar-refractivity contribution in [3.8, 4) is 0 Å². The summed E-state index contributed by atoms with van der Waals surface area (Å²) >= 11 is 7.00. The maximum Gasteiger partial charge on any atom is 0.293 e. The summed E-state index contributed by atoms with van der Waals surface area (Å²) < 4.78 is 7.23. The van der Waals surface area contributed by atoms with Crippen LogP contribution in [0.5, 0.6) is 0 Å². The molecule has 0 spiro atoms. The Bertz CT molecular complexity index is 1150. The molecular weight excluding hydrogens is 420 g/mol. The van der Waals surface area contributed by atoms with Gasteiger partial charge in [-0.1, -0.05) is 41.9 Å². The molecular formula is C23H21ClN2O3S. The molecule has 7 heteroatoms. The van der Waals surface area contributed by atoms with E-state index in [9.17, 15) is 9.59 Å². The molecule has 0 radical (unpaired) electrons. The number of thioether (sulfide) groups is 1. The summed E-state index contributed by atoms with van der Waals surface area (Å²) in [6, 6.07) is 15.9. The molecule has 1 fully saturated rings. The van der Waals surface area contributed by atoms with Gasteiger partial charge in [0.05, 0.1) is 18.1 Å². The Kier molecular flexibility index (Phi) is 5.99. The van der Waals surface area contributed by atoms with Gasteiger partial charge in [-0.25, -0.2) is 0 Å². The van der Waals surface area contributed by atoms with Gasteiger partial charge in [0.25, 0.3) is 11.1 Å². The highest BCUT2D eigenvalue weighted by atomic mass is 35.5. The van der Waals surface area contributed by atoms with Crippen LogP contribution < -0.4 is 0 Å². The zero-order valence-electron chi connectivity index (χ0n) is 16.7. The zero-order valence-corrected chi connectivity index (χ0v) is 18.3. The maximum atomic E-state index is 12.7. The van der Waals surface area contributed by atoms with E-state index < -0.39 is 0 Å². The Hall–Kier alpha value is -2.54. The standard InChI is InChI=1S/C23H21ClN2O3S/c1-15-19(13-21-22(27)25(11-12-29-2)23(28)30-21)18-5-3-4-6-20(18)26(15)14-16-7-9-17(24)10-8-16/h3-10,13H,11-12,14H2,1-2H3/b21-13+. The Balaban J connectivity index is 1.74. The van der Waals surface area contributed by atoms with Crippen molar-refractivity contribution >= 4 is 51.5 Å². The molecule has 0 saturated carbocycles. The minimum atomic E-state index is -0.268. The highest BCUT2D eigenvalue weighted by molar-refractivity contribution is 8.18. The van der Waals surface area contributed by atoms with Gasteiger partial charge in [-0.05, 0) is 48.5 Å². The van der Waals surface area contributed by atoms with Gasteiger partial charge in [-0.15, -0.1) is 0 Å². The smallest absolute Gasteiger partial charge is 0.293 e. The lowest BCUT2D eigenvalue weighted by molar-refractivity contribution is -0.123. The second kappa shape index (κ2) is 8.68. The Morgan fingerprint density at radius 3 is 2.57 bits per heavy atom. The lowest BCUT2D eigenvalue weighted by Gasteiger charge is -2.10. The van der Waals surface area contributed by atoms with E-state index in [4.69, 9.17) is 16.3 Å². The molecule has 2 heterocycles. The Morgan fingerprint density at radius 2 is 1.83 bits per heavy atom. The first-order valence-corrected chi connectivity index (χ1v) is 10.8. The molecule has 0 unspecified atom stereocenters. The highest BCUT2D eigenvalue weighted by Crippen LogP contribution is 2.35. The summed E-state index contributed by atoms with van der Waals surface area (Å²) in [6.45, 7) is 3.31. The second-order valence-electron chi connectivity index (χ2n) is 7.05. The molecule has 2 aromatic carbocycles. The Morgan fingerprint density at radius 1 is 1.10 bits per heavy atom. The first kappa shape index (κ1) is 20.7. The average Bonchev–Trinajstić information content (AvgIpc) is 3.16. The first-order valence-electron chi connectivity index (χ1n) is 9.56. The van der Waals surface area contributed by atoms with Crippen molar-refractivity contribution < 1.29 is 14.3 Å². The monoisotopic (exact) mass is 440 g/mol. The number of ether oxygens (including phenoxy) is 1. The molecule has 5 nitrogen and oxygen atoms in total. The molecule has 0 aliphatic carbocycles. The van der Waals surface area contributed by atoms with E-state index in [1.54, 1.807) is 7.11 Å². The van der Waals surface area contributed by atoms with Crippen LogP contribution in [0.15, 0.2) is 53.4 Å². The predicted octanol–water partition coefficient (Wildman–Crippen LogP) is 5.33. The third-order valence-electron chi connectivity index (χ3n) is 5.20. The van der Waals surface area contributed by atoms with E-state index in [-0.39, 0.29) is 17.7 Å². The minimum Gasteiger partial charge on any atom is -0.383 e. The van der Waals surface area contributed by atoms with Crippen molar-refractivity contribution in [1.29, 1.82) is 0 Å². The summed E-state index contributed by atoms with van der Waals surface area (Å²) in [5, 5.41) is 1.50. The average molecular weight is 441 g/mol. The summed E-state index contributed by atoms with van der Waals surface area (Å²) in [4.78, 5) is 26.7. The number of imide groups is 1. The van der Waals surface area contributed by atoms with Gasteiger partial charge in [0.1, 0.15) is 0 Å². The third-order valence-corrected chi connectivity index (χ3v) is 6.36. The maximum absolute atomic E-state index is 12.7. The molecule has 0 atom stereocenters. The van der Waals surface area contributed by atoms with Crippen LogP contribution in [-0.4, -0.2) is 40.9 Å². The summed E-state index contributed by atoms with van der Waals surface area (Å²) in [5.41, 5.74) is 4.20. The number of carbonyl (C=O) groups is 2. The van der Waals surface area contributed by atoms with E-state index in [1.807, 2.05) is 55.5 Å². The highest BCUT2D eigenvalue weighted by Gasteiger charge is 2.35. The number of para-hydroxylation sites is 1. The van der Waals surface area contributed by atoms with E-state index in [0.717, 1.165) is 39.5 Å². The summed E-state index contributed by atoms with van der Waals surface area (Å²) in [5.74, 6) is -0.268. The van der Waals surface area contributed by atoms with Crippen LogP contribution in [0.2, 0.25) is 5.02 Å². The molecule has 1 saturated heterocycles. The fraction of sp³-hybridized carbons (Fsp3) is 0.217. The van der Waals surface area contributed by atoms with Crippen LogP contribution in [0, 0.1) is 6.92 Å². The normalized spacial score (nSPS) is 15.7. The molecule has 1 aliphatic heterocycles. The number of nitrogens with zero attached hydrogens (tertiary/aromatic N) is 2. The lowest BCUT2D eigenvalue weighted by atomic mass is 10.1. The number of amides is 2. The fourth-order valence-corrected chi connectivity index (χ4v) is 4.60. The van der Waals surface area contributed by atoms with Crippen molar-refractivity contribution in [3.63, 3.8) is 0 Å². The van der Waals surface area contributed by atoms with Crippen LogP contribution in [0.1, 0.15) is 16.8 Å². The van der Waals surface area contributed by atoms with Crippen LogP contribution in [0.25, 0.3) is 17.0 Å². The van der Waals surface area contributed by atoms with Gasteiger partial charge >= 0.3 is 0 Å². The van der Waals surface area contributed by atoms with Gasteiger partial charge in [0.15, 0.2) is 0 Å². The number of fused-ring (bicyclic) bond motifs is 1. The number of hydrogen-bond donors (Lipinski definition) is 0.